The molecule has 0 fully saturated rings. The molecule has 8 heteroatoms. The molecule has 0 unspecified atom stereocenters. The number of amides is 1. The third-order valence-electron chi connectivity index (χ3n) is 5.91. The topological polar surface area (TPSA) is 96.0 Å². The Hall–Kier alpha value is -4.59. The third-order valence-corrected chi connectivity index (χ3v) is 5.91. The van der Waals surface area contributed by atoms with Crippen molar-refractivity contribution in [2.45, 2.75) is 45.4 Å². The number of hydrogen-bond acceptors (Lipinski definition) is 7. The van der Waals surface area contributed by atoms with Gasteiger partial charge in [-0.1, -0.05) is 60.7 Å². The molecule has 1 heterocycles. The Balaban J connectivity index is 1.52. The minimum Gasteiger partial charge on any atom is -0.497 e. The van der Waals surface area contributed by atoms with Crippen LogP contribution in [0.1, 0.15) is 32.8 Å². The second-order valence-electron chi connectivity index (χ2n) is 10.2. The van der Waals surface area contributed by atoms with Gasteiger partial charge in [-0.25, -0.2) is 14.6 Å². The van der Waals surface area contributed by atoms with E-state index in [4.69, 9.17) is 23.9 Å². The summed E-state index contributed by atoms with van der Waals surface area (Å²) in [4.78, 5) is 30.3. The average Bonchev–Trinajstić information content (AvgIpc) is 2.94. The van der Waals surface area contributed by atoms with Gasteiger partial charge in [0, 0.05) is 29.5 Å². The van der Waals surface area contributed by atoms with E-state index in [2.05, 4.69) is 5.32 Å². The lowest BCUT2D eigenvalue weighted by Crippen LogP contribution is -2.45. The molecule has 0 aliphatic heterocycles. The Morgan fingerprint density at radius 1 is 0.925 bits per heavy atom. The fourth-order valence-electron chi connectivity index (χ4n) is 3.99. The van der Waals surface area contributed by atoms with Gasteiger partial charge in [0.05, 0.1) is 24.9 Å². The number of aromatic nitrogens is 1. The van der Waals surface area contributed by atoms with Gasteiger partial charge in [-0.2, -0.15) is 0 Å². The summed E-state index contributed by atoms with van der Waals surface area (Å²) in [6.07, 6.45) is -0.546. The van der Waals surface area contributed by atoms with Crippen LogP contribution in [0.15, 0.2) is 84.9 Å². The molecule has 1 amide bonds. The van der Waals surface area contributed by atoms with Gasteiger partial charge in [-0.15, -0.1) is 0 Å². The smallest absolute Gasteiger partial charge is 0.408 e. The van der Waals surface area contributed by atoms with E-state index in [0.717, 1.165) is 22.2 Å². The van der Waals surface area contributed by atoms with Crippen LogP contribution in [-0.2, 0) is 20.9 Å². The number of esters is 1. The zero-order valence-corrected chi connectivity index (χ0v) is 23.2. The predicted molar refractivity (Wildman–Crippen MR) is 153 cm³/mol. The van der Waals surface area contributed by atoms with Gasteiger partial charge in [0.1, 0.15) is 29.7 Å². The lowest BCUT2D eigenvalue weighted by molar-refractivity contribution is -0.147. The van der Waals surface area contributed by atoms with Gasteiger partial charge in [-0.05, 0) is 38.5 Å². The van der Waals surface area contributed by atoms with Crippen molar-refractivity contribution < 1.29 is 28.5 Å². The number of ether oxygens (including phenoxy) is 4. The van der Waals surface area contributed by atoms with E-state index in [0.29, 0.717) is 17.0 Å². The highest BCUT2D eigenvalue weighted by Crippen LogP contribution is 2.32. The second-order valence-corrected chi connectivity index (χ2v) is 10.2. The lowest BCUT2D eigenvalue weighted by Gasteiger charge is -2.23. The molecule has 0 aliphatic rings. The van der Waals surface area contributed by atoms with Gasteiger partial charge < -0.3 is 24.3 Å². The van der Waals surface area contributed by atoms with Gasteiger partial charge in [0.25, 0.3) is 0 Å². The van der Waals surface area contributed by atoms with E-state index in [1.165, 1.54) is 0 Å². The summed E-state index contributed by atoms with van der Waals surface area (Å²) in [5.74, 6) is 0.701. The Morgan fingerprint density at radius 3 is 2.30 bits per heavy atom. The lowest BCUT2D eigenvalue weighted by atomic mass is 10.1. The molecule has 3 aromatic carbocycles. The van der Waals surface area contributed by atoms with E-state index in [-0.39, 0.29) is 19.6 Å². The number of benzene rings is 3. The Morgan fingerprint density at radius 2 is 1.62 bits per heavy atom. The molecular weight excluding hydrogens is 508 g/mol. The minimum atomic E-state index is -0.972. The van der Waals surface area contributed by atoms with Crippen molar-refractivity contribution in [2.24, 2.45) is 0 Å². The fourth-order valence-corrected chi connectivity index (χ4v) is 3.99. The van der Waals surface area contributed by atoms with Gasteiger partial charge in [0.2, 0.25) is 0 Å². The first-order chi connectivity index (χ1) is 19.2. The van der Waals surface area contributed by atoms with E-state index >= 15 is 0 Å². The van der Waals surface area contributed by atoms with Crippen LogP contribution in [0.2, 0.25) is 0 Å². The summed E-state index contributed by atoms with van der Waals surface area (Å²) in [5.41, 5.74) is 2.51. The van der Waals surface area contributed by atoms with Crippen molar-refractivity contribution in [1.82, 2.24) is 10.3 Å². The number of nitrogens with zero attached hydrogens (tertiary/aromatic N) is 1. The Labute approximate surface area is 234 Å². The number of nitrogens with one attached hydrogen (secondary N) is 1. The normalized spacial score (nSPS) is 11.9. The number of alkyl carbamates (subject to hydrolysis) is 1. The van der Waals surface area contributed by atoms with E-state index < -0.39 is 23.7 Å². The molecule has 4 rings (SSSR count). The van der Waals surface area contributed by atoms with Crippen LogP contribution in [0.4, 0.5) is 4.79 Å². The molecule has 40 heavy (non-hydrogen) atoms. The van der Waals surface area contributed by atoms with Crippen LogP contribution in [0.5, 0.6) is 11.5 Å². The molecule has 0 bridgehead atoms. The molecule has 1 aromatic heterocycles. The number of pyridine rings is 1. The summed E-state index contributed by atoms with van der Waals surface area (Å²) in [5, 5.41) is 3.44. The molecule has 0 aliphatic carbocycles. The SMILES string of the molecule is COc1ccc2c(OCC[C@H](NC(=O)OC(C)(C)C)C(=O)OCc3ccccc3)cc(-c3ccccc3)nc2c1. The van der Waals surface area contributed by atoms with Crippen LogP contribution in [-0.4, -0.2) is 42.4 Å². The van der Waals surface area contributed by atoms with Crippen molar-refractivity contribution in [3.8, 4) is 22.8 Å². The highest BCUT2D eigenvalue weighted by Gasteiger charge is 2.26. The second kappa shape index (κ2) is 13.0. The number of methoxy groups -OCH3 is 1. The van der Waals surface area contributed by atoms with Gasteiger partial charge in [0.15, 0.2) is 0 Å². The van der Waals surface area contributed by atoms with Crippen LogP contribution in [0.25, 0.3) is 22.2 Å². The van der Waals surface area contributed by atoms with Crippen LogP contribution in [0, 0.1) is 0 Å². The zero-order valence-electron chi connectivity index (χ0n) is 23.2. The third kappa shape index (κ3) is 7.96. The predicted octanol–water partition coefficient (Wildman–Crippen LogP) is 6.32. The van der Waals surface area contributed by atoms with Crippen LogP contribution in [0.3, 0.4) is 0 Å². The number of carbonyl (C=O) groups is 2. The molecule has 8 nitrogen and oxygen atoms in total. The first-order valence-corrected chi connectivity index (χ1v) is 13.1. The standard InChI is InChI=1S/C32H34N2O6/c1-32(2,3)40-31(36)34-26(30(35)39-21-22-11-7-5-8-12-22)17-18-38-29-20-27(23-13-9-6-10-14-23)33-28-19-24(37-4)15-16-25(28)29/h5-16,19-20,26H,17-18,21H2,1-4H3,(H,34,36)/t26-/m0/s1. The highest BCUT2D eigenvalue weighted by molar-refractivity contribution is 5.89. The average molecular weight is 543 g/mol. The van der Waals surface area contributed by atoms with Crippen LogP contribution < -0.4 is 14.8 Å². The van der Waals surface area contributed by atoms with Crippen molar-refractivity contribution in [2.75, 3.05) is 13.7 Å². The first kappa shape index (κ1) is 28.4. The Bertz CT molecular complexity index is 1430. The van der Waals surface area contributed by atoms with Crippen molar-refractivity contribution in [3.63, 3.8) is 0 Å². The number of rotatable bonds is 10. The molecule has 0 saturated carbocycles. The van der Waals surface area contributed by atoms with Gasteiger partial charge in [-0.3, -0.25) is 0 Å². The molecule has 1 atom stereocenters. The molecule has 208 valence electrons. The largest absolute Gasteiger partial charge is 0.497 e. The monoisotopic (exact) mass is 542 g/mol. The van der Waals surface area contributed by atoms with Crippen molar-refractivity contribution >= 4 is 23.0 Å². The van der Waals surface area contributed by atoms with Crippen LogP contribution >= 0.6 is 0 Å². The maximum atomic E-state index is 13.0. The van der Waals surface area contributed by atoms with E-state index in [1.54, 1.807) is 27.9 Å². The van der Waals surface area contributed by atoms with E-state index in [9.17, 15) is 9.59 Å². The summed E-state index contributed by atoms with van der Waals surface area (Å²) in [6.45, 7) is 5.48. The maximum Gasteiger partial charge on any atom is 0.408 e. The van der Waals surface area contributed by atoms with E-state index in [1.807, 2.05) is 84.9 Å². The summed E-state index contributed by atoms with van der Waals surface area (Å²) >= 11 is 0. The molecule has 0 saturated heterocycles. The minimum absolute atomic E-state index is 0.0876. The number of hydrogen-bond donors (Lipinski definition) is 1. The molecule has 1 N–H and O–H groups in total. The van der Waals surface area contributed by atoms with Crippen molar-refractivity contribution in [3.05, 3.63) is 90.5 Å². The van der Waals surface area contributed by atoms with Crippen molar-refractivity contribution in [1.29, 1.82) is 0 Å². The fraction of sp³-hybridized carbons (Fsp3) is 0.281. The molecule has 0 radical (unpaired) electrons. The Kier molecular flexibility index (Phi) is 9.22. The zero-order chi connectivity index (χ0) is 28.5. The molecule has 4 aromatic rings. The quantitative estimate of drug-likeness (QED) is 0.234. The summed E-state index contributed by atoms with van der Waals surface area (Å²) in [6, 6.07) is 25.6. The summed E-state index contributed by atoms with van der Waals surface area (Å²) in [7, 11) is 1.61. The highest BCUT2D eigenvalue weighted by atomic mass is 16.6. The first-order valence-electron chi connectivity index (χ1n) is 13.1. The molecule has 0 spiro atoms. The number of carbonyl (C=O) groups excluding carboxylic acids is 2. The maximum absolute atomic E-state index is 13.0. The molecular formula is C32H34N2O6. The number of fused-ring (bicyclic) bond motifs is 1. The van der Waals surface area contributed by atoms with Gasteiger partial charge >= 0.3 is 12.1 Å². The summed E-state index contributed by atoms with van der Waals surface area (Å²) < 4.78 is 22.5.